The van der Waals surface area contributed by atoms with E-state index in [0.717, 1.165) is 17.2 Å². The van der Waals surface area contributed by atoms with Gasteiger partial charge in [0.15, 0.2) is 0 Å². The van der Waals surface area contributed by atoms with Crippen LogP contribution in [-0.4, -0.2) is 15.2 Å². The average Bonchev–Trinajstić information content (AvgIpc) is 2.33. The van der Waals surface area contributed by atoms with Crippen molar-refractivity contribution in [3.05, 3.63) is 47.9 Å². The maximum atomic E-state index is 4.28. The topological polar surface area (TPSA) is 50.7 Å². The molecule has 1 N–H and O–H groups in total. The number of hydrogen-bond acceptors (Lipinski definition) is 4. The van der Waals surface area contributed by atoms with Crippen LogP contribution in [-0.2, 0) is 0 Å². The molecule has 4 nitrogen and oxygen atoms in total. The van der Waals surface area contributed by atoms with Crippen molar-refractivity contribution < 1.29 is 0 Å². The van der Waals surface area contributed by atoms with E-state index in [1.165, 1.54) is 0 Å². The van der Waals surface area contributed by atoms with Gasteiger partial charge in [0.2, 0.25) is 0 Å². The highest BCUT2D eigenvalue weighted by molar-refractivity contribution is 5.35. The van der Waals surface area contributed by atoms with E-state index in [-0.39, 0.29) is 6.04 Å². The zero-order valence-electron chi connectivity index (χ0n) is 9.38. The van der Waals surface area contributed by atoms with E-state index in [1.807, 2.05) is 44.2 Å². The molecule has 2 aromatic rings. The van der Waals surface area contributed by atoms with Crippen LogP contribution in [0, 0.1) is 6.92 Å². The molecule has 0 saturated carbocycles. The molecule has 0 saturated heterocycles. The van der Waals surface area contributed by atoms with Crippen molar-refractivity contribution in [1.29, 1.82) is 0 Å². The van der Waals surface area contributed by atoms with Crippen molar-refractivity contribution in [2.75, 3.05) is 5.32 Å². The van der Waals surface area contributed by atoms with Gasteiger partial charge in [-0.1, -0.05) is 6.07 Å². The number of aryl methyl sites for hydroxylation is 1. The van der Waals surface area contributed by atoms with E-state index in [2.05, 4.69) is 20.5 Å². The second-order valence-electron chi connectivity index (χ2n) is 3.68. The first-order chi connectivity index (χ1) is 7.75. The van der Waals surface area contributed by atoms with E-state index in [4.69, 9.17) is 0 Å². The predicted octanol–water partition coefficient (Wildman–Crippen LogP) is 2.35. The molecular formula is C12H14N4. The minimum absolute atomic E-state index is 0.123. The van der Waals surface area contributed by atoms with Crippen LogP contribution >= 0.6 is 0 Å². The third-order valence-corrected chi connectivity index (χ3v) is 2.29. The summed E-state index contributed by atoms with van der Waals surface area (Å²) in [5.41, 5.74) is 1.90. The molecule has 0 spiro atoms. The van der Waals surface area contributed by atoms with Crippen molar-refractivity contribution >= 4 is 5.82 Å². The summed E-state index contributed by atoms with van der Waals surface area (Å²) < 4.78 is 0. The quantitative estimate of drug-likeness (QED) is 0.852. The lowest BCUT2D eigenvalue weighted by molar-refractivity contribution is 0.820. The molecule has 0 aliphatic carbocycles. The molecule has 2 heterocycles. The number of nitrogens with zero attached hydrogens (tertiary/aromatic N) is 3. The Labute approximate surface area is 94.8 Å². The van der Waals surface area contributed by atoms with Gasteiger partial charge in [0.05, 0.1) is 17.4 Å². The molecule has 1 atom stereocenters. The first-order valence-electron chi connectivity index (χ1n) is 5.23. The minimum atomic E-state index is 0.123. The predicted molar refractivity (Wildman–Crippen MR) is 63.0 cm³/mol. The molecule has 0 aliphatic heterocycles. The number of nitrogens with one attached hydrogen (secondary N) is 1. The van der Waals surface area contributed by atoms with E-state index >= 15 is 0 Å². The summed E-state index contributed by atoms with van der Waals surface area (Å²) in [7, 11) is 0. The lowest BCUT2D eigenvalue weighted by Gasteiger charge is -2.13. The molecule has 16 heavy (non-hydrogen) atoms. The largest absolute Gasteiger partial charge is 0.360 e. The van der Waals surface area contributed by atoms with Crippen molar-refractivity contribution in [3.8, 4) is 0 Å². The lowest BCUT2D eigenvalue weighted by atomic mass is 10.2. The van der Waals surface area contributed by atoms with Gasteiger partial charge in [0, 0.05) is 6.20 Å². The van der Waals surface area contributed by atoms with Gasteiger partial charge >= 0.3 is 0 Å². The SMILES string of the molecule is Cc1ccc(NC(C)c2ccccn2)nn1. The van der Waals surface area contributed by atoms with Crippen molar-refractivity contribution in [2.24, 2.45) is 0 Å². The highest BCUT2D eigenvalue weighted by atomic mass is 15.2. The van der Waals surface area contributed by atoms with Gasteiger partial charge in [-0.05, 0) is 38.1 Å². The number of anilines is 1. The maximum absolute atomic E-state index is 4.28. The molecule has 0 fully saturated rings. The normalized spacial score (nSPS) is 12.1. The molecule has 0 amide bonds. The van der Waals surface area contributed by atoms with Gasteiger partial charge in [-0.15, -0.1) is 5.10 Å². The van der Waals surface area contributed by atoms with Crippen LogP contribution in [0.15, 0.2) is 36.5 Å². The van der Waals surface area contributed by atoms with Gasteiger partial charge < -0.3 is 5.32 Å². The second kappa shape index (κ2) is 4.70. The highest BCUT2D eigenvalue weighted by Gasteiger charge is 2.06. The molecule has 0 aliphatic rings. The Kier molecular flexibility index (Phi) is 3.10. The zero-order valence-corrected chi connectivity index (χ0v) is 9.38. The summed E-state index contributed by atoms with van der Waals surface area (Å²) >= 11 is 0. The van der Waals surface area contributed by atoms with Crippen molar-refractivity contribution in [1.82, 2.24) is 15.2 Å². The fraction of sp³-hybridized carbons (Fsp3) is 0.250. The Bertz CT molecular complexity index is 438. The van der Waals surface area contributed by atoms with Gasteiger partial charge in [-0.25, -0.2) is 0 Å². The van der Waals surface area contributed by atoms with Crippen molar-refractivity contribution in [3.63, 3.8) is 0 Å². The monoisotopic (exact) mass is 214 g/mol. The summed E-state index contributed by atoms with van der Waals surface area (Å²) in [6, 6.07) is 9.84. The second-order valence-corrected chi connectivity index (χ2v) is 3.68. The molecule has 2 rings (SSSR count). The standard InChI is InChI=1S/C12H14N4/c1-9-6-7-12(16-15-9)14-10(2)11-5-3-4-8-13-11/h3-8,10H,1-2H3,(H,14,16). The van der Waals surface area contributed by atoms with E-state index in [1.54, 1.807) is 6.20 Å². The first kappa shape index (κ1) is 10.5. The van der Waals surface area contributed by atoms with Crippen LogP contribution in [0.2, 0.25) is 0 Å². The summed E-state index contributed by atoms with van der Waals surface area (Å²) in [5, 5.41) is 11.3. The van der Waals surface area contributed by atoms with E-state index < -0.39 is 0 Å². The van der Waals surface area contributed by atoms with Crippen LogP contribution in [0.1, 0.15) is 24.4 Å². The Balaban J connectivity index is 2.08. The van der Waals surface area contributed by atoms with E-state index in [9.17, 15) is 0 Å². The summed E-state index contributed by atoms with van der Waals surface area (Å²) in [4.78, 5) is 4.28. The molecule has 0 bridgehead atoms. The third kappa shape index (κ3) is 2.53. The average molecular weight is 214 g/mol. The highest BCUT2D eigenvalue weighted by Crippen LogP contribution is 2.14. The Morgan fingerprint density at radius 1 is 1.12 bits per heavy atom. The smallest absolute Gasteiger partial charge is 0.149 e. The Morgan fingerprint density at radius 2 is 2.00 bits per heavy atom. The van der Waals surface area contributed by atoms with Crippen LogP contribution < -0.4 is 5.32 Å². The number of aromatic nitrogens is 3. The fourth-order valence-electron chi connectivity index (χ4n) is 1.40. The van der Waals surface area contributed by atoms with Crippen LogP contribution in [0.5, 0.6) is 0 Å². The van der Waals surface area contributed by atoms with Gasteiger partial charge in [0.1, 0.15) is 5.82 Å². The summed E-state index contributed by atoms with van der Waals surface area (Å²) in [6.07, 6.45) is 1.79. The fourth-order valence-corrected chi connectivity index (χ4v) is 1.40. The maximum Gasteiger partial charge on any atom is 0.149 e. The minimum Gasteiger partial charge on any atom is -0.360 e. The molecule has 4 heteroatoms. The Hall–Kier alpha value is -1.97. The molecule has 0 radical (unpaired) electrons. The third-order valence-electron chi connectivity index (χ3n) is 2.29. The van der Waals surface area contributed by atoms with Crippen molar-refractivity contribution in [2.45, 2.75) is 19.9 Å². The van der Waals surface area contributed by atoms with Crippen LogP contribution in [0.3, 0.4) is 0 Å². The molecule has 82 valence electrons. The van der Waals surface area contributed by atoms with Gasteiger partial charge in [-0.2, -0.15) is 5.10 Å². The summed E-state index contributed by atoms with van der Waals surface area (Å²) in [5.74, 6) is 0.767. The number of hydrogen-bond donors (Lipinski definition) is 1. The molecule has 1 unspecified atom stereocenters. The first-order valence-corrected chi connectivity index (χ1v) is 5.23. The Morgan fingerprint density at radius 3 is 2.62 bits per heavy atom. The number of pyridine rings is 1. The van der Waals surface area contributed by atoms with Crippen LogP contribution in [0.4, 0.5) is 5.82 Å². The summed E-state index contributed by atoms with van der Waals surface area (Å²) in [6.45, 7) is 3.96. The zero-order chi connectivity index (χ0) is 11.4. The molecular weight excluding hydrogens is 200 g/mol. The molecule has 2 aromatic heterocycles. The van der Waals surface area contributed by atoms with Crippen LogP contribution in [0.25, 0.3) is 0 Å². The van der Waals surface area contributed by atoms with E-state index in [0.29, 0.717) is 0 Å². The van der Waals surface area contributed by atoms with Gasteiger partial charge in [-0.3, -0.25) is 4.98 Å². The number of rotatable bonds is 3. The van der Waals surface area contributed by atoms with Gasteiger partial charge in [0.25, 0.3) is 0 Å². The lowest BCUT2D eigenvalue weighted by Crippen LogP contribution is -2.09. The molecule has 0 aromatic carbocycles.